The fraction of sp³-hybridized carbons (Fsp3) is 0.667. The highest BCUT2D eigenvalue weighted by Gasteiger charge is 2.14. The predicted molar refractivity (Wildman–Crippen MR) is 58.4 cm³/mol. The number of carbonyl (C=O) groups is 1. The SMILES string of the molecule is C#C[C@H](CS(C)(C)C)NC(=O)OC. The van der Waals surface area contributed by atoms with Crippen LogP contribution >= 0.6 is 10.0 Å². The first kappa shape index (κ1) is 12.2. The Hall–Kier alpha value is -0.820. The molecule has 1 amide bonds. The van der Waals surface area contributed by atoms with Crippen LogP contribution in [0.15, 0.2) is 0 Å². The largest absolute Gasteiger partial charge is 0.453 e. The second-order valence-electron chi connectivity index (χ2n) is 3.61. The van der Waals surface area contributed by atoms with Gasteiger partial charge in [0, 0.05) is 5.75 Å². The number of hydrogen-bond acceptors (Lipinski definition) is 2. The number of carbonyl (C=O) groups excluding carboxylic acids is 1. The van der Waals surface area contributed by atoms with E-state index >= 15 is 0 Å². The second kappa shape index (κ2) is 5.03. The molecule has 0 unspecified atom stereocenters. The third-order valence-corrected chi connectivity index (χ3v) is 2.68. The molecule has 0 saturated carbocycles. The maximum atomic E-state index is 10.8. The molecule has 1 N–H and O–H groups in total. The van der Waals surface area contributed by atoms with E-state index in [1.165, 1.54) is 7.11 Å². The summed E-state index contributed by atoms with van der Waals surface area (Å²) in [5, 5.41) is 2.60. The van der Waals surface area contributed by atoms with Crippen molar-refractivity contribution < 1.29 is 9.53 Å². The van der Waals surface area contributed by atoms with Crippen molar-refractivity contribution in [2.45, 2.75) is 6.04 Å². The lowest BCUT2D eigenvalue weighted by Gasteiger charge is -2.28. The maximum absolute atomic E-state index is 10.8. The summed E-state index contributed by atoms with van der Waals surface area (Å²) in [4.78, 5) is 10.8. The summed E-state index contributed by atoms with van der Waals surface area (Å²) < 4.78 is 4.46. The number of methoxy groups -OCH3 is 1. The smallest absolute Gasteiger partial charge is 0.407 e. The highest BCUT2D eigenvalue weighted by Crippen LogP contribution is 2.34. The van der Waals surface area contributed by atoms with Crippen LogP contribution in [0.2, 0.25) is 0 Å². The van der Waals surface area contributed by atoms with Gasteiger partial charge in [0.2, 0.25) is 0 Å². The lowest BCUT2D eigenvalue weighted by molar-refractivity contribution is 0.170. The van der Waals surface area contributed by atoms with Gasteiger partial charge in [-0.2, -0.15) is 0 Å². The minimum atomic E-state index is -0.702. The van der Waals surface area contributed by atoms with Crippen LogP contribution in [-0.4, -0.2) is 43.8 Å². The molecule has 0 radical (unpaired) electrons. The Labute approximate surface area is 81.5 Å². The van der Waals surface area contributed by atoms with E-state index in [1.54, 1.807) is 0 Å². The van der Waals surface area contributed by atoms with E-state index in [4.69, 9.17) is 6.42 Å². The van der Waals surface area contributed by atoms with Crippen LogP contribution in [0.3, 0.4) is 0 Å². The van der Waals surface area contributed by atoms with Crippen molar-refractivity contribution in [2.75, 3.05) is 31.6 Å². The molecule has 1 atom stereocenters. The molecule has 0 aromatic rings. The molecule has 0 bridgehead atoms. The van der Waals surface area contributed by atoms with E-state index in [0.717, 1.165) is 5.75 Å². The zero-order valence-electron chi connectivity index (χ0n) is 8.59. The second-order valence-corrected chi connectivity index (χ2v) is 8.13. The topological polar surface area (TPSA) is 38.3 Å². The fourth-order valence-corrected chi connectivity index (χ4v) is 2.01. The Balaban J connectivity index is 4.07. The molecule has 0 aromatic heterocycles. The molecule has 13 heavy (non-hydrogen) atoms. The number of hydrogen-bond donors (Lipinski definition) is 1. The predicted octanol–water partition coefficient (Wildman–Crippen LogP) is 1.04. The van der Waals surface area contributed by atoms with Gasteiger partial charge >= 0.3 is 6.09 Å². The van der Waals surface area contributed by atoms with Gasteiger partial charge in [0.05, 0.1) is 7.11 Å². The standard InChI is InChI=1S/C9H17NO2S/c1-6-8(7-13(3,4)5)10-9(11)12-2/h1,8H,7H2,2-5H3,(H,10,11)/t8-/m1/s1. The van der Waals surface area contributed by atoms with E-state index in [0.29, 0.717) is 0 Å². The van der Waals surface area contributed by atoms with Gasteiger partial charge in [-0.3, -0.25) is 0 Å². The van der Waals surface area contributed by atoms with Crippen LogP contribution in [-0.2, 0) is 4.74 Å². The van der Waals surface area contributed by atoms with Crippen LogP contribution in [0, 0.1) is 12.3 Å². The molecule has 3 nitrogen and oxygen atoms in total. The summed E-state index contributed by atoms with van der Waals surface area (Å²) in [6.45, 7) is 0. The summed E-state index contributed by atoms with van der Waals surface area (Å²) in [5.74, 6) is 3.35. The van der Waals surface area contributed by atoms with Crippen LogP contribution < -0.4 is 5.32 Å². The zero-order chi connectivity index (χ0) is 10.5. The monoisotopic (exact) mass is 203 g/mol. The van der Waals surface area contributed by atoms with Gasteiger partial charge in [-0.15, -0.1) is 6.42 Å². The third kappa shape index (κ3) is 6.35. The van der Waals surface area contributed by atoms with Crippen molar-refractivity contribution >= 4 is 16.1 Å². The average Bonchev–Trinajstić information content (AvgIpc) is 2.00. The van der Waals surface area contributed by atoms with Crippen molar-refractivity contribution in [2.24, 2.45) is 0 Å². The van der Waals surface area contributed by atoms with Gasteiger partial charge in [-0.05, 0) is 18.8 Å². The van der Waals surface area contributed by atoms with E-state index < -0.39 is 16.1 Å². The molecular weight excluding hydrogens is 186 g/mol. The average molecular weight is 203 g/mol. The Morgan fingerprint density at radius 1 is 1.62 bits per heavy atom. The van der Waals surface area contributed by atoms with E-state index in [2.05, 4.69) is 34.7 Å². The zero-order valence-corrected chi connectivity index (χ0v) is 9.40. The molecule has 0 aliphatic carbocycles. The molecular formula is C9H17NO2S. The Kier molecular flexibility index (Phi) is 4.71. The van der Waals surface area contributed by atoms with Crippen LogP contribution in [0.1, 0.15) is 0 Å². The van der Waals surface area contributed by atoms with E-state index in [-0.39, 0.29) is 6.04 Å². The number of alkyl carbamates (subject to hydrolysis) is 1. The number of rotatable bonds is 3. The van der Waals surface area contributed by atoms with Gasteiger partial charge in [0.15, 0.2) is 0 Å². The minimum absolute atomic E-state index is 0.220. The number of amides is 1. The molecule has 0 aliphatic heterocycles. The van der Waals surface area contributed by atoms with Gasteiger partial charge in [-0.1, -0.05) is 5.92 Å². The molecule has 0 heterocycles. The normalized spacial score (nSPS) is 14.1. The lowest BCUT2D eigenvalue weighted by Crippen LogP contribution is -2.37. The first-order valence-corrected chi connectivity index (χ1v) is 6.88. The highest BCUT2D eigenvalue weighted by molar-refractivity contribution is 8.32. The van der Waals surface area contributed by atoms with Gasteiger partial charge < -0.3 is 10.1 Å². The first-order valence-electron chi connectivity index (χ1n) is 3.85. The maximum Gasteiger partial charge on any atom is 0.407 e. The lowest BCUT2D eigenvalue weighted by atomic mass is 10.4. The molecule has 0 rings (SSSR count). The molecule has 0 aliphatic rings. The minimum Gasteiger partial charge on any atom is -0.453 e. The summed E-state index contributed by atoms with van der Waals surface area (Å²) in [7, 11) is 0.624. The van der Waals surface area contributed by atoms with Crippen molar-refractivity contribution in [1.29, 1.82) is 0 Å². The van der Waals surface area contributed by atoms with Crippen LogP contribution in [0.5, 0.6) is 0 Å². The van der Waals surface area contributed by atoms with Gasteiger partial charge in [0.25, 0.3) is 0 Å². The number of ether oxygens (including phenoxy) is 1. The number of terminal acetylenes is 1. The Morgan fingerprint density at radius 3 is 2.46 bits per heavy atom. The van der Waals surface area contributed by atoms with Crippen molar-refractivity contribution in [3.63, 3.8) is 0 Å². The van der Waals surface area contributed by atoms with Crippen molar-refractivity contribution in [1.82, 2.24) is 5.32 Å². The summed E-state index contributed by atoms with van der Waals surface area (Å²) in [6, 6.07) is -0.220. The summed E-state index contributed by atoms with van der Waals surface area (Å²) in [5.41, 5.74) is 0. The Bertz CT molecular complexity index is 215. The Morgan fingerprint density at radius 2 is 2.15 bits per heavy atom. The molecule has 0 saturated heterocycles. The van der Waals surface area contributed by atoms with Crippen LogP contribution in [0.4, 0.5) is 4.79 Å². The summed E-state index contributed by atoms with van der Waals surface area (Å²) >= 11 is 0. The highest BCUT2D eigenvalue weighted by atomic mass is 32.3. The third-order valence-electron chi connectivity index (χ3n) is 1.35. The molecule has 4 heteroatoms. The summed E-state index contributed by atoms with van der Waals surface area (Å²) in [6.07, 6.45) is 11.3. The first-order chi connectivity index (χ1) is 5.89. The van der Waals surface area contributed by atoms with Crippen molar-refractivity contribution in [3.8, 4) is 12.3 Å². The molecule has 0 aromatic carbocycles. The number of nitrogens with one attached hydrogen (secondary N) is 1. The molecule has 0 fully saturated rings. The fourth-order valence-electron chi connectivity index (χ4n) is 0.833. The van der Waals surface area contributed by atoms with Gasteiger partial charge in [-0.25, -0.2) is 14.8 Å². The molecule has 76 valence electrons. The van der Waals surface area contributed by atoms with E-state index in [9.17, 15) is 4.79 Å². The quantitative estimate of drug-likeness (QED) is 0.696. The van der Waals surface area contributed by atoms with Crippen LogP contribution in [0.25, 0.3) is 0 Å². The molecule has 0 spiro atoms. The van der Waals surface area contributed by atoms with Gasteiger partial charge in [0.1, 0.15) is 6.04 Å². The van der Waals surface area contributed by atoms with Crippen molar-refractivity contribution in [3.05, 3.63) is 0 Å². The van der Waals surface area contributed by atoms with E-state index in [1.807, 2.05) is 0 Å².